The molecule has 4 heteroatoms. The molecule has 2 aliphatic rings. The monoisotopic (exact) mass is 267 g/mol. The molecule has 2 heterocycles. The summed E-state index contributed by atoms with van der Waals surface area (Å²) in [4.78, 5) is 25.3. The number of carbonyl (C=O) groups excluding carboxylic acids is 1. The van der Waals surface area contributed by atoms with Crippen LogP contribution in [0.4, 0.5) is 0 Å². The Morgan fingerprint density at radius 2 is 1.89 bits per heavy atom. The van der Waals surface area contributed by atoms with E-state index in [1.807, 2.05) is 4.90 Å². The second kappa shape index (κ2) is 6.40. The third-order valence-electron chi connectivity index (χ3n) is 4.64. The minimum absolute atomic E-state index is 0.0226. The first-order valence-corrected chi connectivity index (χ1v) is 7.69. The molecular weight excluding hydrogens is 242 g/mol. The van der Waals surface area contributed by atoms with Gasteiger partial charge in [0.1, 0.15) is 0 Å². The molecule has 3 unspecified atom stereocenters. The highest BCUT2D eigenvalue weighted by molar-refractivity contribution is 5.80. The van der Waals surface area contributed by atoms with Gasteiger partial charge in [0.25, 0.3) is 0 Å². The molecule has 0 aromatic carbocycles. The van der Waals surface area contributed by atoms with E-state index in [1.54, 1.807) is 0 Å². The highest BCUT2D eigenvalue weighted by Crippen LogP contribution is 2.42. The van der Waals surface area contributed by atoms with Crippen LogP contribution in [0, 0.1) is 5.92 Å². The van der Waals surface area contributed by atoms with E-state index in [-0.39, 0.29) is 23.9 Å². The molecule has 2 rings (SSSR count). The van der Waals surface area contributed by atoms with Crippen LogP contribution in [0.3, 0.4) is 0 Å². The van der Waals surface area contributed by atoms with Gasteiger partial charge in [0.15, 0.2) is 0 Å². The first-order chi connectivity index (χ1) is 9.15. The van der Waals surface area contributed by atoms with Gasteiger partial charge in [-0.1, -0.05) is 32.6 Å². The van der Waals surface area contributed by atoms with Gasteiger partial charge in [0.2, 0.25) is 5.91 Å². The Morgan fingerprint density at radius 1 is 1.16 bits per heavy atom. The molecule has 4 nitrogen and oxygen atoms in total. The van der Waals surface area contributed by atoms with Crippen molar-refractivity contribution in [3.05, 3.63) is 0 Å². The van der Waals surface area contributed by atoms with E-state index in [0.29, 0.717) is 12.8 Å². The van der Waals surface area contributed by atoms with E-state index in [9.17, 15) is 14.7 Å². The van der Waals surface area contributed by atoms with Crippen molar-refractivity contribution in [1.29, 1.82) is 0 Å². The van der Waals surface area contributed by atoms with Crippen LogP contribution in [0.5, 0.6) is 0 Å². The van der Waals surface area contributed by atoms with Gasteiger partial charge in [0, 0.05) is 18.5 Å². The normalized spacial score (nSPS) is 28.9. The molecular formula is C15H25NO3. The van der Waals surface area contributed by atoms with Gasteiger partial charge in [-0.2, -0.15) is 0 Å². The third kappa shape index (κ3) is 3.10. The van der Waals surface area contributed by atoms with Crippen LogP contribution in [0.2, 0.25) is 0 Å². The summed E-state index contributed by atoms with van der Waals surface area (Å²) in [7, 11) is 0. The van der Waals surface area contributed by atoms with E-state index in [0.717, 1.165) is 25.7 Å². The summed E-state index contributed by atoms with van der Waals surface area (Å²) in [6.07, 6.45) is 8.87. The number of rotatable bonds is 7. The topological polar surface area (TPSA) is 57.6 Å². The molecule has 0 aromatic heterocycles. The molecule has 2 saturated heterocycles. The van der Waals surface area contributed by atoms with Crippen molar-refractivity contribution in [1.82, 2.24) is 4.90 Å². The Labute approximate surface area is 115 Å². The number of nitrogens with zero attached hydrogens (tertiary/aromatic N) is 1. The Balaban J connectivity index is 1.79. The zero-order valence-corrected chi connectivity index (χ0v) is 11.8. The number of carboxylic acid groups (broad SMARTS) is 1. The molecule has 0 spiro atoms. The van der Waals surface area contributed by atoms with E-state index < -0.39 is 5.97 Å². The van der Waals surface area contributed by atoms with Crippen LogP contribution in [0.15, 0.2) is 0 Å². The fourth-order valence-electron chi connectivity index (χ4n) is 3.65. The molecule has 1 amide bonds. The molecule has 0 saturated carbocycles. The number of unbranched alkanes of at least 4 members (excludes halogenated alkanes) is 4. The zero-order valence-electron chi connectivity index (χ0n) is 11.8. The second-order valence-corrected chi connectivity index (χ2v) is 5.94. The van der Waals surface area contributed by atoms with E-state index in [1.165, 1.54) is 19.3 Å². The quantitative estimate of drug-likeness (QED) is 0.722. The molecule has 0 aromatic rings. The van der Waals surface area contributed by atoms with Gasteiger partial charge in [0.05, 0.1) is 5.92 Å². The van der Waals surface area contributed by atoms with Crippen LogP contribution in [0.1, 0.15) is 64.7 Å². The molecule has 2 aliphatic heterocycles. The summed E-state index contributed by atoms with van der Waals surface area (Å²) in [5, 5.41) is 9.17. The first kappa shape index (κ1) is 14.4. The lowest BCUT2D eigenvalue weighted by Gasteiger charge is -2.23. The first-order valence-electron chi connectivity index (χ1n) is 7.69. The van der Waals surface area contributed by atoms with Crippen molar-refractivity contribution in [2.75, 3.05) is 0 Å². The minimum atomic E-state index is -0.729. The predicted octanol–water partition coefficient (Wildman–Crippen LogP) is 2.81. The summed E-state index contributed by atoms with van der Waals surface area (Å²) >= 11 is 0. The largest absolute Gasteiger partial charge is 0.481 e. The lowest BCUT2D eigenvalue weighted by atomic mass is 9.89. The van der Waals surface area contributed by atoms with E-state index in [2.05, 4.69) is 6.92 Å². The average molecular weight is 267 g/mol. The SMILES string of the molecule is CCCCCCCC(=O)N1C2CCC1C(C(=O)O)C2. The Bertz CT molecular complexity index is 342. The molecule has 0 aliphatic carbocycles. The number of hydrogen-bond donors (Lipinski definition) is 1. The summed E-state index contributed by atoms with van der Waals surface area (Å²) in [6, 6.07) is 0.180. The fourth-order valence-corrected chi connectivity index (χ4v) is 3.65. The maximum Gasteiger partial charge on any atom is 0.308 e. The fraction of sp³-hybridized carbons (Fsp3) is 0.867. The third-order valence-corrected chi connectivity index (χ3v) is 4.64. The zero-order chi connectivity index (χ0) is 13.8. The summed E-state index contributed by atoms with van der Waals surface area (Å²) < 4.78 is 0. The van der Waals surface area contributed by atoms with Gasteiger partial charge in [-0.3, -0.25) is 9.59 Å². The van der Waals surface area contributed by atoms with Gasteiger partial charge in [-0.25, -0.2) is 0 Å². The number of amides is 1. The summed E-state index contributed by atoms with van der Waals surface area (Å²) in [6.45, 7) is 2.18. The lowest BCUT2D eigenvalue weighted by molar-refractivity contribution is -0.143. The van der Waals surface area contributed by atoms with Gasteiger partial charge >= 0.3 is 5.97 Å². The molecule has 19 heavy (non-hydrogen) atoms. The molecule has 2 bridgehead atoms. The molecule has 2 fully saturated rings. The van der Waals surface area contributed by atoms with Crippen LogP contribution < -0.4 is 0 Å². The van der Waals surface area contributed by atoms with Gasteiger partial charge < -0.3 is 10.0 Å². The van der Waals surface area contributed by atoms with E-state index in [4.69, 9.17) is 0 Å². The Hall–Kier alpha value is -1.06. The number of carbonyl (C=O) groups is 2. The number of hydrogen-bond acceptors (Lipinski definition) is 2. The standard InChI is InChI=1S/C15H25NO3/c1-2-3-4-5-6-7-14(17)16-11-8-9-13(16)12(10-11)15(18)19/h11-13H,2-10H2,1H3,(H,18,19). The van der Waals surface area contributed by atoms with Crippen LogP contribution in [0.25, 0.3) is 0 Å². The number of carboxylic acids is 1. The summed E-state index contributed by atoms with van der Waals surface area (Å²) in [5.41, 5.74) is 0. The van der Waals surface area contributed by atoms with Crippen molar-refractivity contribution in [3.63, 3.8) is 0 Å². The van der Waals surface area contributed by atoms with Crippen molar-refractivity contribution in [2.24, 2.45) is 5.92 Å². The number of fused-ring (bicyclic) bond motifs is 2. The highest BCUT2D eigenvalue weighted by Gasteiger charge is 2.50. The van der Waals surface area contributed by atoms with Crippen LogP contribution in [-0.2, 0) is 9.59 Å². The summed E-state index contributed by atoms with van der Waals surface area (Å²) in [5.74, 6) is -0.858. The molecule has 3 atom stereocenters. The van der Waals surface area contributed by atoms with E-state index >= 15 is 0 Å². The van der Waals surface area contributed by atoms with Crippen LogP contribution >= 0.6 is 0 Å². The van der Waals surface area contributed by atoms with Crippen molar-refractivity contribution >= 4 is 11.9 Å². The Morgan fingerprint density at radius 3 is 2.53 bits per heavy atom. The molecule has 108 valence electrons. The van der Waals surface area contributed by atoms with Gasteiger partial charge in [-0.15, -0.1) is 0 Å². The maximum atomic E-state index is 12.2. The maximum absolute atomic E-state index is 12.2. The molecule has 0 radical (unpaired) electrons. The minimum Gasteiger partial charge on any atom is -0.481 e. The highest BCUT2D eigenvalue weighted by atomic mass is 16.4. The van der Waals surface area contributed by atoms with Crippen molar-refractivity contribution < 1.29 is 14.7 Å². The molecule has 1 N–H and O–H groups in total. The number of aliphatic carboxylic acids is 1. The average Bonchev–Trinajstić information content (AvgIpc) is 2.95. The van der Waals surface area contributed by atoms with Crippen LogP contribution in [-0.4, -0.2) is 34.0 Å². The second-order valence-electron chi connectivity index (χ2n) is 5.94. The smallest absolute Gasteiger partial charge is 0.308 e. The Kier molecular flexibility index (Phi) is 4.83. The van der Waals surface area contributed by atoms with Gasteiger partial charge in [-0.05, 0) is 25.7 Å². The van der Waals surface area contributed by atoms with Crippen molar-refractivity contribution in [3.8, 4) is 0 Å². The lowest BCUT2D eigenvalue weighted by Crippen LogP contribution is -2.37. The predicted molar refractivity (Wildman–Crippen MR) is 72.8 cm³/mol. The van der Waals surface area contributed by atoms with Crippen molar-refractivity contribution in [2.45, 2.75) is 76.8 Å².